The molecular weight excluding hydrogens is 1140 g/mol. The van der Waals surface area contributed by atoms with E-state index < -0.39 is 17.8 Å². The van der Waals surface area contributed by atoms with Crippen molar-refractivity contribution < 1.29 is 99.6 Å². The summed E-state index contributed by atoms with van der Waals surface area (Å²) in [5.41, 5.74) is 6.25. The van der Waals surface area contributed by atoms with Crippen LogP contribution in [-0.2, 0) is 106 Å². The van der Waals surface area contributed by atoms with Crippen molar-refractivity contribution in [1.29, 1.82) is 0 Å². The van der Waals surface area contributed by atoms with Gasteiger partial charge in [0.05, 0.1) is 184 Å². The summed E-state index contributed by atoms with van der Waals surface area (Å²) in [6, 6.07) is 17.2. The van der Waals surface area contributed by atoms with Crippen molar-refractivity contribution in [1.82, 2.24) is 5.06 Å². The fraction of sp³-hybridized carbons (Fsp3) is 0.662. The number of methoxy groups -OCH3 is 3. The second kappa shape index (κ2) is 45.4. The number of hydrogen-bond donors (Lipinski definition) is 0. The molecular formula is C65H100N3O20+. The molecule has 0 aromatic heterocycles. The van der Waals surface area contributed by atoms with Gasteiger partial charge >= 0.3 is 5.97 Å². The minimum Gasteiger partial charge on any atom is -0.382 e. The number of carbonyl (C=O) groups is 3. The predicted molar refractivity (Wildman–Crippen MR) is 328 cm³/mol. The molecule has 0 saturated carbocycles. The smallest absolute Gasteiger partial charge is 0.335 e. The highest BCUT2D eigenvalue weighted by molar-refractivity contribution is 6.03. The Morgan fingerprint density at radius 2 is 0.875 bits per heavy atom. The molecule has 23 nitrogen and oxygen atoms in total. The average Bonchev–Trinajstić information content (AvgIpc) is 3.89. The Morgan fingerprint density at radius 1 is 0.466 bits per heavy atom. The molecule has 3 aliphatic rings. The number of rotatable bonds is 55. The maximum Gasteiger partial charge on any atom is 0.335 e. The van der Waals surface area contributed by atoms with E-state index in [1.807, 2.05) is 0 Å². The molecule has 5 rings (SSSR count). The molecule has 0 radical (unpaired) electrons. The first-order valence-electron chi connectivity index (χ1n) is 30.9. The van der Waals surface area contributed by atoms with Crippen LogP contribution < -0.4 is 4.90 Å². The van der Waals surface area contributed by atoms with Gasteiger partial charge in [0.15, 0.2) is 12.3 Å². The van der Waals surface area contributed by atoms with Gasteiger partial charge in [0.1, 0.15) is 6.61 Å². The lowest BCUT2D eigenvalue weighted by atomic mass is 9.76. The topological polar surface area (TPSA) is 218 Å². The van der Waals surface area contributed by atoms with Gasteiger partial charge in [0.25, 0.3) is 11.8 Å². The van der Waals surface area contributed by atoms with Gasteiger partial charge in [-0.05, 0) is 44.4 Å². The van der Waals surface area contributed by atoms with Crippen molar-refractivity contribution in [2.45, 2.75) is 56.8 Å². The van der Waals surface area contributed by atoms with E-state index in [0.29, 0.717) is 197 Å². The Balaban J connectivity index is 1.21. The average molecular weight is 1240 g/mol. The summed E-state index contributed by atoms with van der Waals surface area (Å²) < 4.78 is 93.0. The zero-order valence-corrected chi connectivity index (χ0v) is 53.0. The molecule has 2 amide bonds. The standard InChI is InChI=1S/C65H100N3O20/c1-64(22-27-76-38-43-84-50-47-80-34-31-72-3)55-13-9-11-15-57(55)66(24-29-78-40-45-86-52-49-82-36-33-74-5)59(64)17-7-6-8-18-60-65(2,23-28-77-39-44-85-51-48-81-35-32-73-4)56-14-10-12-16-58(56)67(60)25-30-79-41-46-87-54-53-83-42-37-75-26-21-63(71)88-68-61(69)19-20-62(68)70/h6-18H,19-54H2,1-5H3/q+1. The van der Waals surface area contributed by atoms with E-state index >= 15 is 0 Å². The Bertz CT molecular complexity index is 2370. The molecule has 494 valence electrons. The molecule has 1 saturated heterocycles. The van der Waals surface area contributed by atoms with E-state index in [9.17, 15) is 14.4 Å². The number of fused-ring (bicyclic) bond motifs is 2. The summed E-state index contributed by atoms with van der Waals surface area (Å²) in [7, 11) is 4.96. The van der Waals surface area contributed by atoms with Gasteiger partial charge in [0, 0.05) is 88.4 Å². The molecule has 0 N–H and O–H groups in total. The minimum absolute atomic E-state index is 0.0418. The second-order valence-electron chi connectivity index (χ2n) is 20.9. The zero-order chi connectivity index (χ0) is 62.6. The lowest BCUT2D eigenvalue weighted by Gasteiger charge is -2.30. The van der Waals surface area contributed by atoms with Gasteiger partial charge in [-0.1, -0.05) is 54.6 Å². The van der Waals surface area contributed by atoms with E-state index in [1.165, 1.54) is 11.1 Å². The van der Waals surface area contributed by atoms with Gasteiger partial charge in [-0.2, -0.15) is 4.58 Å². The van der Waals surface area contributed by atoms with E-state index in [1.54, 1.807) is 21.3 Å². The molecule has 2 aromatic rings. The molecule has 23 heteroatoms. The van der Waals surface area contributed by atoms with Crippen molar-refractivity contribution in [3.63, 3.8) is 0 Å². The second-order valence-corrected chi connectivity index (χ2v) is 20.9. The summed E-state index contributed by atoms with van der Waals surface area (Å²) in [6.07, 6.45) is 12.3. The number of nitrogens with zero attached hydrogens (tertiary/aromatic N) is 3. The third kappa shape index (κ3) is 26.5. The Kier molecular flexibility index (Phi) is 38.1. The first-order valence-corrected chi connectivity index (χ1v) is 30.9. The molecule has 1 fully saturated rings. The number of anilines is 1. The third-order valence-corrected chi connectivity index (χ3v) is 14.7. The van der Waals surface area contributed by atoms with Crippen molar-refractivity contribution in [2.75, 3.05) is 231 Å². The van der Waals surface area contributed by atoms with Crippen LogP contribution >= 0.6 is 0 Å². The van der Waals surface area contributed by atoms with E-state index in [-0.39, 0.29) is 43.3 Å². The van der Waals surface area contributed by atoms with Crippen molar-refractivity contribution in [2.24, 2.45) is 0 Å². The SMILES string of the molecule is COCCOCCOCCOCC[N+]1=C(/C=C/C=C/C=C2/N(CCOCCOCCOCCOCCC(=O)ON3C(=O)CCC3=O)c3ccccc3C2(C)CCOCCOCCOCCOC)C(C)(CCOCCOCCOCCOC)c2ccccc21. The van der Waals surface area contributed by atoms with Crippen LogP contribution in [0.2, 0.25) is 0 Å². The summed E-state index contributed by atoms with van der Waals surface area (Å²) in [5, 5.41) is 0.529. The molecule has 0 bridgehead atoms. The van der Waals surface area contributed by atoms with Crippen LogP contribution in [-0.4, -0.2) is 259 Å². The van der Waals surface area contributed by atoms with E-state index in [2.05, 4.69) is 102 Å². The molecule has 3 aliphatic heterocycles. The Labute approximate surface area is 521 Å². The molecule has 2 atom stereocenters. The van der Waals surface area contributed by atoms with Crippen LogP contribution in [0.3, 0.4) is 0 Å². The van der Waals surface area contributed by atoms with Crippen LogP contribution in [0, 0.1) is 0 Å². The fourth-order valence-corrected chi connectivity index (χ4v) is 10.0. The number of hydrogen-bond acceptors (Lipinski definition) is 21. The summed E-state index contributed by atoms with van der Waals surface area (Å²) in [5.74, 6) is -1.75. The van der Waals surface area contributed by atoms with Gasteiger partial charge in [0.2, 0.25) is 5.69 Å². The zero-order valence-electron chi connectivity index (χ0n) is 53.0. The lowest BCUT2D eigenvalue weighted by molar-refractivity contribution is -0.442. The highest BCUT2D eigenvalue weighted by Crippen LogP contribution is 2.50. The lowest BCUT2D eigenvalue weighted by Crippen LogP contribution is -2.33. The molecule has 0 aliphatic carbocycles. The van der Waals surface area contributed by atoms with Crippen molar-refractivity contribution in [3.05, 3.63) is 95.7 Å². The van der Waals surface area contributed by atoms with Crippen LogP contribution in [0.4, 0.5) is 11.4 Å². The molecule has 2 unspecified atom stereocenters. The maximum atomic E-state index is 12.0. The normalized spacial score (nSPS) is 18.0. The maximum absolute atomic E-state index is 12.0. The first kappa shape index (κ1) is 73.8. The molecule has 2 aromatic carbocycles. The van der Waals surface area contributed by atoms with E-state index in [0.717, 1.165) is 35.6 Å². The van der Waals surface area contributed by atoms with Crippen LogP contribution in [0.1, 0.15) is 57.1 Å². The molecule has 88 heavy (non-hydrogen) atoms. The number of para-hydroxylation sites is 2. The first-order chi connectivity index (χ1) is 43.2. The highest BCUT2D eigenvalue weighted by Gasteiger charge is 2.47. The van der Waals surface area contributed by atoms with Crippen LogP contribution in [0.25, 0.3) is 0 Å². The summed E-state index contributed by atoms with van der Waals surface area (Å²) >= 11 is 0. The number of imide groups is 1. The van der Waals surface area contributed by atoms with Crippen LogP contribution in [0.5, 0.6) is 0 Å². The monoisotopic (exact) mass is 1240 g/mol. The number of allylic oxidation sites excluding steroid dienone is 6. The van der Waals surface area contributed by atoms with Crippen molar-refractivity contribution in [3.8, 4) is 0 Å². The minimum atomic E-state index is -0.710. The third-order valence-electron chi connectivity index (χ3n) is 14.7. The van der Waals surface area contributed by atoms with Gasteiger partial charge in [-0.25, -0.2) is 4.79 Å². The van der Waals surface area contributed by atoms with Gasteiger partial charge in [-0.15, -0.1) is 5.06 Å². The van der Waals surface area contributed by atoms with E-state index in [4.69, 9.17) is 80.6 Å². The number of carbonyl (C=O) groups excluding carboxylic acids is 3. The number of hydroxylamine groups is 2. The quantitative estimate of drug-likeness (QED) is 0.0333. The Hall–Kier alpha value is -4.90. The van der Waals surface area contributed by atoms with Gasteiger partial charge < -0.3 is 85.5 Å². The number of ether oxygens (including phenoxy) is 16. The Morgan fingerprint density at radius 3 is 1.38 bits per heavy atom. The fourth-order valence-electron chi connectivity index (χ4n) is 10.0. The molecule has 0 spiro atoms. The molecule has 3 heterocycles. The number of benzene rings is 2. The highest BCUT2D eigenvalue weighted by atomic mass is 16.7. The van der Waals surface area contributed by atoms with Crippen molar-refractivity contribution >= 4 is 34.9 Å². The number of amides is 2. The summed E-state index contributed by atoms with van der Waals surface area (Å²) in [4.78, 5) is 42.5. The largest absolute Gasteiger partial charge is 0.382 e. The van der Waals surface area contributed by atoms with Gasteiger partial charge in [-0.3, -0.25) is 9.59 Å². The summed E-state index contributed by atoms with van der Waals surface area (Å²) in [6.45, 7) is 19.1. The predicted octanol–water partition coefficient (Wildman–Crippen LogP) is 5.75. The van der Waals surface area contributed by atoms with Crippen LogP contribution in [0.15, 0.2) is 84.6 Å².